The normalized spacial score (nSPS) is 11.5. The van der Waals surface area contributed by atoms with Gasteiger partial charge in [-0.1, -0.05) is 29.4 Å². The first-order valence-corrected chi connectivity index (χ1v) is 8.35. The minimum atomic E-state index is -3.35. The summed E-state index contributed by atoms with van der Waals surface area (Å²) in [6.07, 6.45) is 2.74. The van der Waals surface area contributed by atoms with Gasteiger partial charge < -0.3 is 5.73 Å². The van der Waals surface area contributed by atoms with Gasteiger partial charge in [-0.05, 0) is 24.3 Å². The lowest BCUT2D eigenvalue weighted by Crippen LogP contribution is -2.03. The molecule has 2 aromatic rings. The quantitative estimate of drug-likeness (QED) is 0.882. The number of hydrogen-bond donors (Lipinski definition) is 1. The van der Waals surface area contributed by atoms with Crippen LogP contribution in [0.3, 0.4) is 0 Å². The highest BCUT2D eigenvalue weighted by atomic mass is 35.5. The molecule has 7 heteroatoms. The van der Waals surface area contributed by atoms with E-state index in [2.05, 4.69) is 4.98 Å². The summed E-state index contributed by atoms with van der Waals surface area (Å²) in [5.74, 6) is 0. The molecule has 0 saturated heterocycles. The predicted octanol–water partition coefficient (Wildman–Crippen LogP) is 2.87. The van der Waals surface area contributed by atoms with Gasteiger partial charge in [-0.3, -0.25) is 0 Å². The van der Waals surface area contributed by atoms with Crippen molar-refractivity contribution in [3.63, 3.8) is 0 Å². The Hall–Kier alpha value is -1.24. The first-order valence-electron chi connectivity index (χ1n) is 5.26. The summed E-state index contributed by atoms with van der Waals surface area (Å²) in [7, 11) is -3.35. The summed E-state index contributed by atoms with van der Waals surface area (Å²) >= 11 is 7.25. The van der Waals surface area contributed by atoms with Gasteiger partial charge in [0.2, 0.25) is 0 Å². The molecule has 1 heterocycles. The minimum absolute atomic E-state index is 0.115. The molecule has 19 heavy (non-hydrogen) atoms. The topological polar surface area (TPSA) is 73.0 Å². The summed E-state index contributed by atoms with van der Waals surface area (Å²) in [5, 5.41) is 1.08. The number of para-hydroxylation sites is 1. The zero-order valence-electron chi connectivity index (χ0n) is 10.00. The minimum Gasteiger partial charge on any atom is -0.397 e. The Morgan fingerprint density at radius 1 is 1.26 bits per heavy atom. The van der Waals surface area contributed by atoms with Crippen LogP contribution in [0, 0.1) is 0 Å². The lowest BCUT2D eigenvalue weighted by Gasteiger charge is -2.09. The number of sulfone groups is 1. The monoisotopic (exact) mass is 314 g/mol. The number of pyridine rings is 1. The molecule has 0 spiro atoms. The Morgan fingerprint density at radius 2 is 2.00 bits per heavy atom. The van der Waals surface area contributed by atoms with Gasteiger partial charge in [0.05, 0.1) is 15.6 Å². The van der Waals surface area contributed by atoms with Crippen LogP contribution in [-0.2, 0) is 9.84 Å². The van der Waals surface area contributed by atoms with Gasteiger partial charge in [0.15, 0.2) is 9.84 Å². The van der Waals surface area contributed by atoms with Crippen molar-refractivity contribution < 1.29 is 8.42 Å². The highest BCUT2D eigenvalue weighted by Crippen LogP contribution is 2.36. The van der Waals surface area contributed by atoms with Crippen LogP contribution in [0.25, 0.3) is 0 Å². The van der Waals surface area contributed by atoms with Crippen LogP contribution < -0.4 is 5.73 Å². The Kier molecular flexibility index (Phi) is 4.03. The molecule has 4 nitrogen and oxygen atoms in total. The molecular formula is C12H11ClN2O2S2. The van der Waals surface area contributed by atoms with Crippen molar-refractivity contribution in [1.29, 1.82) is 0 Å². The number of aromatic nitrogens is 1. The predicted molar refractivity (Wildman–Crippen MR) is 77.3 cm³/mol. The van der Waals surface area contributed by atoms with E-state index in [-0.39, 0.29) is 10.6 Å². The Balaban J connectivity index is 2.46. The van der Waals surface area contributed by atoms with Crippen molar-refractivity contribution in [2.24, 2.45) is 0 Å². The SMILES string of the molecule is CS(=O)(=O)c1cccc(Sc2ncccc2Cl)c1N. The van der Waals surface area contributed by atoms with Gasteiger partial charge in [0, 0.05) is 17.3 Å². The van der Waals surface area contributed by atoms with Crippen LogP contribution in [0.2, 0.25) is 5.02 Å². The second-order valence-corrected chi connectivity index (χ2v) is 7.25. The molecule has 0 aliphatic rings. The van der Waals surface area contributed by atoms with Crippen LogP contribution in [0.4, 0.5) is 5.69 Å². The number of rotatable bonds is 3. The van der Waals surface area contributed by atoms with Crippen LogP contribution in [0.1, 0.15) is 0 Å². The largest absolute Gasteiger partial charge is 0.397 e. The fourth-order valence-corrected chi connectivity index (χ4v) is 3.48. The number of anilines is 1. The molecule has 2 N–H and O–H groups in total. The van der Waals surface area contributed by atoms with Crippen LogP contribution in [0.15, 0.2) is 51.3 Å². The highest BCUT2D eigenvalue weighted by Gasteiger charge is 2.15. The number of nitrogens with zero attached hydrogens (tertiary/aromatic N) is 1. The van der Waals surface area contributed by atoms with E-state index < -0.39 is 9.84 Å². The molecule has 0 saturated carbocycles. The lowest BCUT2D eigenvalue weighted by molar-refractivity contribution is 0.602. The smallest absolute Gasteiger partial charge is 0.177 e. The molecule has 2 rings (SSSR count). The Bertz CT molecular complexity index is 717. The highest BCUT2D eigenvalue weighted by molar-refractivity contribution is 7.99. The molecule has 100 valence electrons. The van der Waals surface area contributed by atoms with Crippen molar-refractivity contribution in [2.45, 2.75) is 14.8 Å². The van der Waals surface area contributed by atoms with Gasteiger partial charge in [0.25, 0.3) is 0 Å². The van der Waals surface area contributed by atoms with Gasteiger partial charge in [0.1, 0.15) is 5.03 Å². The molecule has 0 fully saturated rings. The van der Waals surface area contributed by atoms with Crippen molar-refractivity contribution >= 4 is 38.9 Å². The number of nitrogens with two attached hydrogens (primary N) is 1. The van der Waals surface area contributed by atoms with E-state index in [1.165, 1.54) is 17.8 Å². The molecule has 0 aliphatic carbocycles. The maximum Gasteiger partial charge on any atom is 0.177 e. The maximum absolute atomic E-state index is 11.6. The van der Waals surface area contributed by atoms with E-state index in [1.807, 2.05) is 0 Å². The second kappa shape index (κ2) is 5.40. The molecule has 0 unspecified atom stereocenters. The van der Waals surface area contributed by atoms with Gasteiger partial charge in [-0.2, -0.15) is 0 Å². The van der Waals surface area contributed by atoms with Crippen LogP contribution in [-0.4, -0.2) is 19.7 Å². The second-order valence-electron chi connectivity index (χ2n) is 3.83. The van der Waals surface area contributed by atoms with Gasteiger partial charge in [-0.25, -0.2) is 13.4 Å². The fourth-order valence-electron chi connectivity index (χ4n) is 1.49. The number of nitrogen functional groups attached to an aromatic ring is 1. The summed E-state index contributed by atoms with van der Waals surface area (Å²) in [5.41, 5.74) is 6.12. The Morgan fingerprint density at radius 3 is 2.63 bits per heavy atom. The summed E-state index contributed by atoms with van der Waals surface area (Å²) < 4.78 is 23.2. The summed E-state index contributed by atoms with van der Waals surface area (Å²) in [4.78, 5) is 4.86. The van der Waals surface area contributed by atoms with Crippen molar-refractivity contribution in [3.8, 4) is 0 Å². The number of halogens is 1. The first-order chi connectivity index (χ1) is 8.89. The fraction of sp³-hybridized carbons (Fsp3) is 0.0833. The van der Waals surface area contributed by atoms with Crippen molar-refractivity contribution in [2.75, 3.05) is 12.0 Å². The average Bonchev–Trinajstić information content (AvgIpc) is 2.33. The Labute approximate surface area is 120 Å². The third kappa shape index (κ3) is 3.20. The lowest BCUT2D eigenvalue weighted by atomic mass is 10.3. The zero-order chi connectivity index (χ0) is 14.0. The standard InChI is InChI=1S/C12H11ClN2O2S2/c1-19(16,17)10-6-2-5-9(11(10)14)18-12-8(13)4-3-7-15-12/h2-7H,14H2,1H3. The molecule has 0 radical (unpaired) electrons. The average molecular weight is 315 g/mol. The first kappa shape index (κ1) is 14.2. The van der Waals surface area contributed by atoms with Gasteiger partial charge in [-0.15, -0.1) is 0 Å². The van der Waals surface area contributed by atoms with E-state index in [9.17, 15) is 8.42 Å². The van der Waals surface area contributed by atoms with E-state index in [1.54, 1.807) is 30.5 Å². The third-order valence-corrected chi connectivity index (χ3v) is 5.02. The summed E-state index contributed by atoms with van der Waals surface area (Å²) in [6.45, 7) is 0. The third-order valence-electron chi connectivity index (χ3n) is 2.36. The van der Waals surface area contributed by atoms with Crippen molar-refractivity contribution in [3.05, 3.63) is 41.6 Å². The molecule has 0 atom stereocenters. The number of hydrogen-bond acceptors (Lipinski definition) is 5. The van der Waals surface area contributed by atoms with E-state index in [0.717, 1.165) is 6.26 Å². The van der Waals surface area contributed by atoms with Gasteiger partial charge >= 0.3 is 0 Å². The van der Waals surface area contributed by atoms with E-state index in [4.69, 9.17) is 17.3 Å². The molecule has 1 aromatic carbocycles. The molecule has 0 aliphatic heterocycles. The maximum atomic E-state index is 11.6. The number of benzene rings is 1. The van der Waals surface area contributed by atoms with Crippen LogP contribution >= 0.6 is 23.4 Å². The van der Waals surface area contributed by atoms with E-state index >= 15 is 0 Å². The van der Waals surface area contributed by atoms with Crippen molar-refractivity contribution in [1.82, 2.24) is 4.98 Å². The molecule has 0 bridgehead atoms. The molecule has 1 aromatic heterocycles. The van der Waals surface area contributed by atoms with Crippen LogP contribution in [0.5, 0.6) is 0 Å². The molecule has 0 amide bonds. The van der Waals surface area contributed by atoms with E-state index in [0.29, 0.717) is 14.9 Å². The summed E-state index contributed by atoms with van der Waals surface area (Å²) in [6, 6.07) is 8.30. The zero-order valence-corrected chi connectivity index (χ0v) is 12.4. The molecular weight excluding hydrogens is 304 g/mol.